The lowest BCUT2D eigenvalue weighted by molar-refractivity contribution is -0.0314. The zero-order chi connectivity index (χ0) is 22.4. The summed E-state index contributed by atoms with van der Waals surface area (Å²) in [5, 5.41) is 11.9. The van der Waals surface area contributed by atoms with Crippen molar-refractivity contribution in [2.45, 2.75) is 67.9 Å². The minimum Gasteiger partial charge on any atom is -0.390 e. The number of likely N-dealkylation sites (tertiary alicyclic amines) is 1. The summed E-state index contributed by atoms with van der Waals surface area (Å²) in [5.74, 6) is 0.763. The van der Waals surface area contributed by atoms with E-state index in [-0.39, 0.29) is 0 Å². The number of benzene rings is 2. The minimum absolute atomic E-state index is 0.463. The highest BCUT2D eigenvalue weighted by Gasteiger charge is 2.34. The molecule has 2 aromatic carbocycles. The Balaban J connectivity index is 1.16. The molecule has 0 spiro atoms. The van der Waals surface area contributed by atoms with E-state index in [0.717, 1.165) is 61.0 Å². The molecular formula is C27H37ClN2OS. The van der Waals surface area contributed by atoms with Gasteiger partial charge in [-0.2, -0.15) is 0 Å². The maximum absolute atomic E-state index is 11.1. The third-order valence-electron chi connectivity index (χ3n) is 7.36. The van der Waals surface area contributed by atoms with Crippen molar-refractivity contribution >= 4 is 23.5 Å². The van der Waals surface area contributed by atoms with Gasteiger partial charge in [-0.05, 0) is 94.0 Å². The molecule has 3 nitrogen and oxygen atoms in total. The average molecular weight is 473 g/mol. The summed E-state index contributed by atoms with van der Waals surface area (Å²) < 4.78 is 2.41. The fourth-order valence-corrected chi connectivity index (χ4v) is 6.51. The molecule has 1 saturated carbocycles. The van der Waals surface area contributed by atoms with Crippen LogP contribution in [0.3, 0.4) is 0 Å². The van der Waals surface area contributed by atoms with E-state index in [9.17, 15) is 5.11 Å². The molecule has 0 bridgehead atoms. The van der Waals surface area contributed by atoms with Crippen LogP contribution in [-0.2, 0) is 6.42 Å². The zero-order valence-corrected chi connectivity index (χ0v) is 20.8. The Kier molecular flexibility index (Phi) is 8.58. The van der Waals surface area contributed by atoms with E-state index in [1.165, 1.54) is 31.4 Å². The van der Waals surface area contributed by atoms with Crippen LogP contribution in [0.25, 0.3) is 0 Å². The highest BCUT2D eigenvalue weighted by molar-refractivity contribution is 7.97. The predicted molar refractivity (Wildman–Crippen MR) is 136 cm³/mol. The summed E-state index contributed by atoms with van der Waals surface area (Å²) >= 11 is 8.12. The summed E-state index contributed by atoms with van der Waals surface area (Å²) in [4.78, 5) is 3.74. The SMILES string of the molecule is CN(Sc1ccccc1Cl)C1CCC(CN2CCC(O)(CCCc3ccccc3)CC2)C1. The van der Waals surface area contributed by atoms with Gasteiger partial charge < -0.3 is 10.0 Å². The van der Waals surface area contributed by atoms with Crippen molar-refractivity contribution in [3.05, 3.63) is 65.2 Å². The molecule has 0 aromatic heterocycles. The molecule has 1 aliphatic heterocycles. The molecule has 0 amide bonds. The van der Waals surface area contributed by atoms with Crippen molar-refractivity contribution in [2.75, 3.05) is 26.7 Å². The molecule has 5 heteroatoms. The Morgan fingerprint density at radius 3 is 2.53 bits per heavy atom. The van der Waals surface area contributed by atoms with Gasteiger partial charge in [0.15, 0.2) is 0 Å². The van der Waals surface area contributed by atoms with Gasteiger partial charge in [0.05, 0.1) is 10.6 Å². The van der Waals surface area contributed by atoms with Gasteiger partial charge in [-0.3, -0.25) is 0 Å². The first kappa shape index (κ1) is 24.1. The highest BCUT2D eigenvalue weighted by Crippen LogP contribution is 2.37. The molecule has 1 saturated heterocycles. The van der Waals surface area contributed by atoms with E-state index in [4.69, 9.17) is 11.6 Å². The van der Waals surface area contributed by atoms with Gasteiger partial charge >= 0.3 is 0 Å². The predicted octanol–water partition coefficient (Wildman–Crippen LogP) is 6.30. The van der Waals surface area contributed by atoms with Crippen LogP contribution >= 0.6 is 23.5 Å². The topological polar surface area (TPSA) is 26.7 Å². The van der Waals surface area contributed by atoms with Crippen LogP contribution in [-0.4, -0.2) is 52.6 Å². The Bertz CT molecular complexity index is 841. The molecule has 1 N–H and O–H groups in total. The largest absolute Gasteiger partial charge is 0.390 e. The van der Waals surface area contributed by atoms with Crippen molar-refractivity contribution in [1.29, 1.82) is 0 Å². The number of hydrogen-bond acceptors (Lipinski definition) is 4. The summed E-state index contributed by atoms with van der Waals surface area (Å²) in [6.45, 7) is 3.25. The smallest absolute Gasteiger partial charge is 0.0672 e. The van der Waals surface area contributed by atoms with Crippen LogP contribution < -0.4 is 0 Å². The molecule has 2 fully saturated rings. The molecule has 1 heterocycles. The normalized spacial score (nSPS) is 23.6. The van der Waals surface area contributed by atoms with E-state index >= 15 is 0 Å². The van der Waals surface area contributed by atoms with Gasteiger partial charge in [-0.15, -0.1) is 0 Å². The summed E-state index contributed by atoms with van der Waals surface area (Å²) in [5.41, 5.74) is 0.914. The Hall–Kier alpha value is -1.04. The molecule has 2 aromatic rings. The molecule has 2 unspecified atom stereocenters. The number of piperidine rings is 1. The molecule has 0 radical (unpaired) electrons. The standard InChI is InChI=1S/C27H37ClN2OS/c1-29(32-26-12-6-5-11-25(26)28)24-14-13-23(20-24)21-30-18-16-27(31,17-19-30)15-7-10-22-8-3-2-4-9-22/h2-6,8-9,11-12,23-24,31H,7,10,13-21H2,1H3. The fourth-order valence-electron chi connectivity index (χ4n) is 5.33. The first-order valence-corrected chi connectivity index (χ1v) is 13.3. The Labute approximate surface area is 203 Å². The molecule has 1 aliphatic carbocycles. The van der Waals surface area contributed by atoms with E-state index in [0.29, 0.717) is 6.04 Å². The van der Waals surface area contributed by atoms with Crippen LogP contribution in [0.2, 0.25) is 5.02 Å². The number of halogens is 1. The third kappa shape index (κ3) is 6.74. The highest BCUT2D eigenvalue weighted by atomic mass is 35.5. The quantitative estimate of drug-likeness (QED) is 0.433. The zero-order valence-electron chi connectivity index (χ0n) is 19.3. The number of rotatable bonds is 9. The van der Waals surface area contributed by atoms with Gasteiger partial charge in [-0.25, -0.2) is 4.31 Å². The number of hydrogen-bond donors (Lipinski definition) is 1. The fraction of sp³-hybridized carbons (Fsp3) is 0.556. The lowest BCUT2D eigenvalue weighted by Crippen LogP contribution is -2.45. The monoisotopic (exact) mass is 472 g/mol. The summed E-state index contributed by atoms with van der Waals surface area (Å²) in [6.07, 6.45) is 8.71. The maximum atomic E-state index is 11.1. The van der Waals surface area contributed by atoms with Crippen LogP contribution in [0.5, 0.6) is 0 Å². The Morgan fingerprint density at radius 2 is 1.78 bits per heavy atom. The average Bonchev–Trinajstić information content (AvgIpc) is 3.27. The van der Waals surface area contributed by atoms with E-state index in [2.05, 4.69) is 58.7 Å². The van der Waals surface area contributed by atoms with Crippen LogP contribution in [0.1, 0.15) is 50.5 Å². The van der Waals surface area contributed by atoms with Crippen molar-refractivity contribution in [2.24, 2.45) is 5.92 Å². The van der Waals surface area contributed by atoms with Crippen molar-refractivity contribution < 1.29 is 5.11 Å². The lowest BCUT2D eigenvalue weighted by atomic mass is 9.85. The number of nitrogens with zero attached hydrogens (tertiary/aromatic N) is 2. The molecular weight excluding hydrogens is 436 g/mol. The summed E-state index contributed by atoms with van der Waals surface area (Å²) in [6, 6.07) is 19.4. The molecule has 2 atom stereocenters. The van der Waals surface area contributed by atoms with E-state index in [1.54, 1.807) is 11.9 Å². The van der Waals surface area contributed by atoms with Gasteiger partial charge in [0.2, 0.25) is 0 Å². The van der Waals surface area contributed by atoms with Gasteiger partial charge in [-0.1, -0.05) is 54.1 Å². The van der Waals surface area contributed by atoms with Crippen LogP contribution in [0.4, 0.5) is 0 Å². The maximum Gasteiger partial charge on any atom is 0.0672 e. The van der Waals surface area contributed by atoms with E-state index in [1.807, 2.05) is 12.1 Å². The summed E-state index contributed by atoms with van der Waals surface area (Å²) in [7, 11) is 2.21. The molecule has 4 rings (SSSR count). The van der Waals surface area contributed by atoms with Crippen molar-refractivity contribution in [3.8, 4) is 0 Å². The lowest BCUT2D eigenvalue weighted by Gasteiger charge is -2.39. The first-order valence-electron chi connectivity index (χ1n) is 12.1. The second-order valence-electron chi connectivity index (χ2n) is 9.76. The minimum atomic E-state index is -0.463. The van der Waals surface area contributed by atoms with Crippen molar-refractivity contribution in [3.63, 3.8) is 0 Å². The second-order valence-corrected chi connectivity index (χ2v) is 11.4. The molecule has 2 aliphatic rings. The first-order chi connectivity index (χ1) is 15.5. The van der Waals surface area contributed by atoms with Crippen LogP contribution in [0, 0.1) is 5.92 Å². The van der Waals surface area contributed by atoms with Crippen molar-refractivity contribution in [1.82, 2.24) is 9.21 Å². The van der Waals surface area contributed by atoms with Gasteiger partial charge in [0.1, 0.15) is 0 Å². The van der Waals surface area contributed by atoms with Crippen LogP contribution in [0.15, 0.2) is 59.5 Å². The van der Waals surface area contributed by atoms with E-state index < -0.39 is 5.60 Å². The third-order valence-corrected chi connectivity index (χ3v) is 8.94. The number of aryl methyl sites for hydroxylation is 1. The molecule has 32 heavy (non-hydrogen) atoms. The van der Waals surface area contributed by atoms with Gasteiger partial charge in [0, 0.05) is 30.6 Å². The van der Waals surface area contributed by atoms with Gasteiger partial charge in [0.25, 0.3) is 0 Å². The molecule has 174 valence electrons. The number of aliphatic hydroxyl groups is 1. The second kappa shape index (κ2) is 11.4. The Morgan fingerprint density at radius 1 is 1.06 bits per heavy atom.